The molecule has 0 aliphatic heterocycles. The molecule has 7 heteroatoms. The highest BCUT2D eigenvalue weighted by atomic mass is 19.4. The van der Waals surface area contributed by atoms with Crippen LogP contribution in [0.5, 0.6) is 0 Å². The summed E-state index contributed by atoms with van der Waals surface area (Å²) in [4.78, 5) is 24.5. The number of aliphatic hydroxyl groups is 1. The summed E-state index contributed by atoms with van der Waals surface area (Å²) in [5, 5.41) is 9.25. The molecule has 4 aliphatic rings. The maximum absolute atomic E-state index is 12.6. The predicted octanol–water partition coefficient (Wildman–Crippen LogP) is 5.30. The van der Waals surface area contributed by atoms with E-state index in [2.05, 4.69) is 20.4 Å². The van der Waals surface area contributed by atoms with E-state index in [1.54, 1.807) is 0 Å². The molecule has 0 bridgehead atoms. The molecule has 32 heavy (non-hydrogen) atoms. The third-order valence-corrected chi connectivity index (χ3v) is 9.23. The van der Waals surface area contributed by atoms with Crippen molar-refractivity contribution in [3.8, 4) is 0 Å². The molecule has 7 atom stereocenters. The van der Waals surface area contributed by atoms with Crippen LogP contribution in [0, 0.1) is 28.6 Å². The Hall–Kier alpha value is -1.63. The average molecular weight is 455 g/mol. The molecule has 0 aromatic heterocycles. The first kappa shape index (κ1) is 23.5. The van der Waals surface area contributed by atoms with Crippen molar-refractivity contribution in [3.63, 3.8) is 0 Å². The maximum atomic E-state index is 12.6. The molecule has 4 aliphatic carbocycles. The van der Waals surface area contributed by atoms with Gasteiger partial charge < -0.3 is 9.84 Å². The Morgan fingerprint density at radius 1 is 1.19 bits per heavy atom. The number of carbonyl (C=O) groups excluding carboxylic acids is 2. The topological polar surface area (TPSA) is 63.6 Å². The van der Waals surface area contributed by atoms with E-state index in [0.29, 0.717) is 30.6 Å². The lowest BCUT2D eigenvalue weighted by molar-refractivity contribution is -0.203. The van der Waals surface area contributed by atoms with Crippen LogP contribution in [0.25, 0.3) is 0 Å². The van der Waals surface area contributed by atoms with Gasteiger partial charge in [0.05, 0.1) is 0 Å². The van der Waals surface area contributed by atoms with Gasteiger partial charge in [-0.1, -0.05) is 26.0 Å². The lowest BCUT2D eigenvalue weighted by Gasteiger charge is -2.57. The molecule has 3 saturated carbocycles. The number of alkyl halides is 3. The van der Waals surface area contributed by atoms with Crippen molar-refractivity contribution in [1.82, 2.24) is 0 Å². The van der Waals surface area contributed by atoms with Gasteiger partial charge in [-0.15, -0.1) is 0 Å². The van der Waals surface area contributed by atoms with Crippen LogP contribution >= 0.6 is 0 Å². The number of carbonyl (C=O) groups is 2. The zero-order chi connectivity index (χ0) is 23.5. The van der Waals surface area contributed by atoms with E-state index in [4.69, 9.17) is 4.74 Å². The largest absolute Gasteiger partial charge is 0.458 e. The molecule has 0 aromatic carbocycles. The first-order valence-corrected chi connectivity index (χ1v) is 11.7. The lowest BCUT2D eigenvalue weighted by atomic mass is 9.47. The van der Waals surface area contributed by atoms with Gasteiger partial charge in [-0.05, 0) is 74.2 Å². The molecule has 3 fully saturated rings. The highest BCUT2D eigenvalue weighted by molar-refractivity contribution is 5.91. The fourth-order valence-corrected chi connectivity index (χ4v) is 7.35. The number of rotatable bonds is 4. The first-order chi connectivity index (χ1) is 14.9. The molecule has 0 amide bonds. The summed E-state index contributed by atoms with van der Waals surface area (Å²) in [6.07, 6.45) is 0.268. The number of ketones is 1. The van der Waals surface area contributed by atoms with Gasteiger partial charge in [0.2, 0.25) is 0 Å². The molecule has 0 saturated heterocycles. The zero-order valence-electron chi connectivity index (χ0n) is 18.8. The second-order valence-electron chi connectivity index (χ2n) is 10.8. The summed E-state index contributed by atoms with van der Waals surface area (Å²) in [5.41, 5.74) is 0.818. The summed E-state index contributed by atoms with van der Waals surface area (Å²) < 4.78 is 43.6. The number of fused-ring (bicyclic) bond motifs is 5. The van der Waals surface area contributed by atoms with Crippen LogP contribution in [0.4, 0.5) is 13.2 Å². The first-order valence-electron chi connectivity index (χ1n) is 11.7. The van der Waals surface area contributed by atoms with E-state index in [9.17, 15) is 27.9 Å². The Bertz CT molecular complexity index is 847. The predicted molar refractivity (Wildman–Crippen MR) is 112 cm³/mol. The Morgan fingerprint density at radius 2 is 1.91 bits per heavy atom. The normalized spacial score (nSPS) is 39.9. The molecule has 1 unspecified atom stereocenters. The second-order valence-corrected chi connectivity index (χ2v) is 10.8. The van der Waals surface area contributed by atoms with Crippen molar-refractivity contribution in [2.75, 3.05) is 0 Å². The van der Waals surface area contributed by atoms with E-state index in [1.807, 2.05) is 6.08 Å². The standard InChI is InChI=1S/C25H33F3O4/c1-14(12-20(30)25(26,27)28)22(31)32-21-7-6-18-17-5-4-15-13-16(29)8-10-23(15,2)19(17)9-11-24(18,21)3/h13,17-21,30H,1,4-12H2,2-3H3/t17-,18-,19-,20?,21-,23-,24-/m0/s1. The Morgan fingerprint density at radius 3 is 2.59 bits per heavy atom. The van der Waals surface area contributed by atoms with Gasteiger partial charge in [-0.2, -0.15) is 13.2 Å². The molecular weight excluding hydrogens is 421 g/mol. The number of allylic oxidation sites excluding steroid dienone is 1. The molecule has 0 aromatic rings. The summed E-state index contributed by atoms with van der Waals surface area (Å²) >= 11 is 0. The molecular formula is C25H33F3O4. The lowest BCUT2D eigenvalue weighted by Crippen LogP contribution is -2.51. The second kappa shape index (κ2) is 8.00. The van der Waals surface area contributed by atoms with Crippen LogP contribution < -0.4 is 0 Å². The zero-order valence-corrected chi connectivity index (χ0v) is 18.8. The van der Waals surface area contributed by atoms with E-state index in [-0.39, 0.29) is 28.3 Å². The number of hydrogen-bond donors (Lipinski definition) is 1. The smallest absolute Gasteiger partial charge is 0.414 e. The Kier molecular flexibility index (Phi) is 5.88. The van der Waals surface area contributed by atoms with Crippen molar-refractivity contribution in [3.05, 3.63) is 23.8 Å². The van der Waals surface area contributed by atoms with Gasteiger partial charge in [0.15, 0.2) is 11.9 Å². The third-order valence-electron chi connectivity index (χ3n) is 9.23. The summed E-state index contributed by atoms with van der Waals surface area (Å²) in [5.74, 6) is 0.807. The van der Waals surface area contributed by atoms with Gasteiger partial charge in [-0.25, -0.2) is 4.79 Å². The number of aliphatic hydroxyl groups excluding tert-OH is 1. The van der Waals surface area contributed by atoms with E-state index < -0.39 is 24.7 Å². The molecule has 0 spiro atoms. The van der Waals surface area contributed by atoms with Crippen molar-refractivity contribution in [2.24, 2.45) is 28.6 Å². The van der Waals surface area contributed by atoms with E-state index in [1.165, 1.54) is 5.57 Å². The van der Waals surface area contributed by atoms with Crippen LogP contribution in [0.15, 0.2) is 23.8 Å². The van der Waals surface area contributed by atoms with Crippen LogP contribution in [0.2, 0.25) is 0 Å². The number of hydrogen-bond acceptors (Lipinski definition) is 4. The van der Waals surface area contributed by atoms with Gasteiger partial charge in [0.1, 0.15) is 6.10 Å². The van der Waals surface area contributed by atoms with Crippen LogP contribution in [-0.2, 0) is 14.3 Å². The Labute approximate surface area is 187 Å². The van der Waals surface area contributed by atoms with Crippen LogP contribution in [-0.4, -0.2) is 35.2 Å². The molecule has 178 valence electrons. The fraction of sp³-hybridized carbons (Fsp3) is 0.760. The van der Waals surface area contributed by atoms with Gasteiger partial charge in [-0.3, -0.25) is 4.79 Å². The maximum Gasteiger partial charge on any atom is 0.414 e. The van der Waals surface area contributed by atoms with E-state index >= 15 is 0 Å². The molecule has 0 radical (unpaired) electrons. The minimum Gasteiger partial charge on any atom is -0.458 e. The summed E-state index contributed by atoms with van der Waals surface area (Å²) in [7, 11) is 0. The highest BCUT2D eigenvalue weighted by Crippen LogP contribution is 2.65. The van der Waals surface area contributed by atoms with Gasteiger partial charge in [0, 0.05) is 23.8 Å². The molecule has 0 heterocycles. The Balaban J connectivity index is 1.45. The fourth-order valence-electron chi connectivity index (χ4n) is 7.35. The van der Waals surface area contributed by atoms with Gasteiger partial charge in [0.25, 0.3) is 0 Å². The monoisotopic (exact) mass is 454 g/mol. The third kappa shape index (κ3) is 3.84. The minimum absolute atomic E-state index is 0.0644. The summed E-state index contributed by atoms with van der Waals surface area (Å²) in [6, 6.07) is 0. The minimum atomic E-state index is -4.79. The van der Waals surface area contributed by atoms with Crippen LogP contribution in [0.1, 0.15) is 71.6 Å². The number of halogens is 3. The number of ether oxygens (including phenoxy) is 1. The average Bonchev–Trinajstić information content (AvgIpc) is 3.04. The molecule has 4 rings (SSSR count). The van der Waals surface area contributed by atoms with Crippen molar-refractivity contribution in [2.45, 2.75) is 90.0 Å². The molecule has 1 N–H and O–H groups in total. The molecule has 4 nitrogen and oxygen atoms in total. The van der Waals surface area contributed by atoms with E-state index in [0.717, 1.165) is 38.5 Å². The van der Waals surface area contributed by atoms with Crippen molar-refractivity contribution < 1.29 is 32.6 Å². The summed E-state index contributed by atoms with van der Waals surface area (Å²) in [6.45, 7) is 7.90. The van der Waals surface area contributed by atoms with Crippen molar-refractivity contribution in [1.29, 1.82) is 0 Å². The highest BCUT2D eigenvalue weighted by Gasteiger charge is 2.60. The number of esters is 1. The SMILES string of the molecule is C=C(CC(O)C(F)(F)F)C(=O)O[C@H]1CC[C@H]2[C@@H]3CCC4=CC(=O)CC[C@]4(C)[C@H]3CC[C@]12C. The van der Waals surface area contributed by atoms with Gasteiger partial charge >= 0.3 is 12.1 Å². The van der Waals surface area contributed by atoms with Crippen molar-refractivity contribution >= 4 is 11.8 Å². The van der Waals surface area contributed by atoms with Crippen LogP contribution in [0.3, 0.4) is 0 Å². The quantitative estimate of drug-likeness (QED) is 0.463.